The van der Waals surface area contributed by atoms with E-state index in [0.29, 0.717) is 6.04 Å². The maximum atomic E-state index is 5.13. The molecule has 0 fully saturated rings. The fourth-order valence-corrected chi connectivity index (χ4v) is 2.80. The Hall–Kier alpha value is -1.13. The smallest absolute Gasteiger partial charge is 0.127 e. The van der Waals surface area contributed by atoms with Crippen molar-refractivity contribution >= 4 is 11.3 Å². The molecule has 4 heteroatoms. The lowest BCUT2D eigenvalue weighted by atomic mass is 10.2. The molecular formula is C14H20N2OS. The fraction of sp³-hybridized carbons (Fsp3) is 0.500. The number of aryl methyl sites for hydroxylation is 1. The molecule has 0 bridgehead atoms. The zero-order valence-corrected chi connectivity index (χ0v) is 12.0. The Balaban J connectivity index is 2.21. The Bertz CT molecular complexity index is 474. The largest absolute Gasteiger partial charge is 0.472 e. The van der Waals surface area contributed by atoms with E-state index >= 15 is 0 Å². The molecule has 18 heavy (non-hydrogen) atoms. The van der Waals surface area contributed by atoms with Crippen LogP contribution in [0.5, 0.6) is 0 Å². The molecule has 0 aliphatic rings. The summed E-state index contributed by atoms with van der Waals surface area (Å²) in [6.07, 6.45) is 5.63. The number of nitrogens with zero attached hydrogens (tertiary/aromatic N) is 1. The van der Waals surface area contributed by atoms with Crippen molar-refractivity contribution < 1.29 is 4.42 Å². The van der Waals surface area contributed by atoms with Crippen LogP contribution >= 0.6 is 11.3 Å². The topological polar surface area (TPSA) is 38.1 Å². The van der Waals surface area contributed by atoms with E-state index < -0.39 is 0 Å². The van der Waals surface area contributed by atoms with Crippen molar-refractivity contribution in [3.63, 3.8) is 0 Å². The first-order chi connectivity index (χ1) is 8.70. The van der Waals surface area contributed by atoms with Crippen molar-refractivity contribution in [1.82, 2.24) is 10.3 Å². The van der Waals surface area contributed by atoms with E-state index in [4.69, 9.17) is 9.40 Å². The Morgan fingerprint density at radius 2 is 2.28 bits per heavy atom. The molecule has 2 rings (SSSR count). The van der Waals surface area contributed by atoms with Crippen LogP contribution in [0.1, 0.15) is 37.8 Å². The summed E-state index contributed by atoms with van der Waals surface area (Å²) in [6, 6.07) is 2.47. The highest BCUT2D eigenvalue weighted by Gasteiger charge is 2.12. The standard InChI is InChI=1S/C14H20N2OS/c1-4-5-12-13(8-15-10(2)3)18-14(16-12)11-6-7-17-9-11/h6-7,9-10,15H,4-5,8H2,1-3H3. The van der Waals surface area contributed by atoms with E-state index in [1.165, 1.54) is 10.6 Å². The predicted molar refractivity (Wildman–Crippen MR) is 75.8 cm³/mol. The zero-order valence-electron chi connectivity index (χ0n) is 11.2. The van der Waals surface area contributed by atoms with Gasteiger partial charge in [0, 0.05) is 23.0 Å². The Morgan fingerprint density at radius 3 is 2.89 bits per heavy atom. The molecule has 0 saturated heterocycles. The molecular weight excluding hydrogens is 244 g/mol. The molecule has 98 valence electrons. The van der Waals surface area contributed by atoms with Gasteiger partial charge in [0.15, 0.2) is 0 Å². The number of hydrogen-bond donors (Lipinski definition) is 1. The summed E-state index contributed by atoms with van der Waals surface area (Å²) in [4.78, 5) is 6.09. The van der Waals surface area contributed by atoms with Crippen LogP contribution in [0.4, 0.5) is 0 Å². The van der Waals surface area contributed by atoms with E-state index in [1.54, 1.807) is 23.9 Å². The SMILES string of the molecule is CCCc1nc(-c2ccoc2)sc1CNC(C)C. The third-order valence-electron chi connectivity index (χ3n) is 2.70. The molecule has 0 unspecified atom stereocenters. The van der Waals surface area contributed by atoms with E-state index in [2.05, 4.69) is 26.1 Å². The lowest BCUT2D eigenvalue weighted by Crippen LogP contribution is -2.21. The lowest BCUT2D eigenvalue weighted by molar-refractivity contribution is 0.568. The molecule has 0 amide bonds. The number of aromatic nitrogens is 1. The number of furan rings is 1. The first kappa shape index (κ1) is 13.3. The first-order valence-electron chi connectivity index (χ1n) is 6.45. The highest BCUT2D eigenvalue weighted by atomic mass is 32.1. The van der Waals surface area contributed by atoms with Crippen molar-refractivity contribution in [3.05, 3.63) is 29.2 Å². The van der Waals surface area contributed by atoms with Crippen LogP contribution in [0.3, 0.4) is 0 Å². The summed E-state index contributed by atoms with van der Waals surface area (Å²) >= 11 is 1.77. The monoisotopic (exact) mass is 264 g/mol. The van der Waals surface area contributed by atoms with Gasteiger partial charge in [0.2, 0.25) is 0 Å². The highest BCUT2D eigenvalue weighted by Crippen LogP contribution is 2.29. The Labute approximate surface area is 112 Å². The van der Waals surface area contributed by atoms with Gasteiger partial charge in [-0.2, -0.15) is 0 Å². The first-order valence-corrected chi connectivity index (χ1v) is 7.27. The molecule has 0 radical (unpaired) electrons. The molecule has 0 spiro atoms. The molecule has 2 heterocycles. The predicted octanol–water partition coefficient (Wildman–Crippen LogP) is 3.85. The van der Waals surface area contributed by atoms with Crippen LogP contribution in [0, 0.1) is 0 Å². The minimum absolute atomic E-state index is 0.499. The minimum atomic E-state index is 0.499. The maximum absolute atomic E-state index is 5.13. The van der Waals surface area contributed by atoms with E-state index in [0.717, 1.165) is 30.0 Å². The second-order valence-corrected chi connectivity index (χ2v) is 5.77. The molecule has 2 aromatic heterocycles. The summed E-state index contributed by atoms with van der Waals surface area (Å²) in [5, 5.41) is 4.53. The van der Waals surface area contributed by atoms with Gasteiger partial charge in [-0.05, 0) is 12.5 Å². The second kappa shape index (κ2) is 6.16. The van der Waals surface area contributed by atoms with Gasteiger partial charge in [-0.1, -0.05) is 27.2 Å². The van der Waals surface area contributed by atoms with Crippen LogP contribution in [0.15, 0.2) is 23.0 Å². The number of rotatable bonds is 6. The molecule has 0 atom stereocenters. The molecule has 0 aliphatic heterocycles. The molecule has 2 aromatic rings. The van der Waals surface area contributed by atoms with Gasteiger partial charge in [-0.15, -0.1) is 11.3 Å². The summed E-state index contributed by atoms with van der Waals surface area (Å²) < 4.78 is 5.13. The van der Waals surface area contributed by atoms with Crippen LogP contribution in [-0.4, -0.2) is 11.0 Å². The van der Waals surface area contributed by atoms with Crippen molar-refractivity contribution in [2.24, 2.45) is 0 Å². The second-order valence-electron chi connectivity index (χ2n) is 4.69. The number of hydrogen-bond acceptors (Lipinski definition) is 4. The van der Waals surface area contributed by atoms with Crippen LogP contribution in [0.25, 0.3) is 10.6 Å². The molecule has 0 saturated carbocycles. The molecule has 3 nitrogen and oxygen atoms in total. The summed E-state index contributed by atoms with van der Waals surface area (Å²) in [5.41, 5.74) is 2.31. The van der Waals surface area contributed by atoms with Gasteiger partial charge in [-0.3, -0.25) is 0 Å². The molecule has 0 aliphatic carbocycles. The Kier molecular flexibility index (Phi) is 4.55. The quantitative estimate of drug-likeness (QED) is 0.861. The van der Waals surface area contributed by atoms with E-state index in [-0.39, 0.29) is 0 Å². The molecule has 0 aromatic carbocycles. The van der Waals surface area contributed by atoms with Gasteiger partial charge in [-0.25, -0.2) is 4.98 Å². The minimum Gasteiger partial charge on any atom is -0.472 e. The Morgan fingerprint density at radius 1 is 1.44 bits per heavy atom. The van der Waals surface area contributed by atoms with Gasteiger partial charge >= 0.3 is 0 Å². The number of nitrogens with one attached hydrogen (secondary N) is 1. The van der Waals surface area contributed by atoms with Crippen molar-refractivity contribution in [2.45, 2.75) is 46.2 Å². The van der Waals surface area contributed by atoms with Crippen LogP contribution in [0.2, 0.25) is 0 Å². The van der Waals surface area contributed by atoms with Crippen molar-refractivity contribution in [1.29, 1.82) is 0 Å². The van der Waals surface area contributed by atoms with E-state index in [1.807, 2.05) is 6.07 Å². The van der Waals surface area contributed by atoms with Gasteiger partial charge in [0.05, 0.1) is 12.0 Å². The normalized spacial score (nSPS) is 11.3. The van der Waals surface area contributed by atoms with Crippen molar-refractivity contribution in [2.75, 3.05) is 0 Å². The zero-order chi connectivity index (χ0) is 13.0. The van der Waals surface area contributed by atoms with E-state index in [9.17, 15) is 0 Å². The van der Waals surface area contributed by atoms with Gasteiger partial charge < -0.3 is 9.73 Å². The molecule has 1 N–H and O–H groups in total. The maximum Gasteiger partial charge on any atom is 0.127 e. The van der Waals surface area contributed by atoms with Gasteiger partial charge in [0.1, 0.15) is 11.3 Å². The summed E-state index contributed by atoms with van der Waals surface area (Å²) in [5.74, 6) is 0. The lowest BCUT2D eigenvalue weighted by Gasteiger charge is -2.07. The summed E-state index contributed by atoms with van der Waals surface area (Å²) in [6.45, 7) is 7.42. The van der Waals surface area contributed by atoms with Gasteiger partial charge in [0.25, 0.3) is 0 Å². The fourth-order valence-electron chi connectivity index (χ4n) is 1.76. The third kappa shape index (κ3) is 3.21. The summed E-state index contributed by atoms with van der Waals surface area (Å²) in [7, 11) is 0. The highest BCUT2D eigenvalue weighted by molar-refractivity contribution is 7.15. The van der Waals surface area contributed by atoms with Crippen LogP contribution < -0.4 is 5.32 Å². The van der Waals surface area contributed by atoms with Crippen molar-refractivity contribution in [3.8, 4) is 10.6 Å². The average molecular weight is 264 g/mol. The third-order valence-corrected chi connectivity index (χ3v) is 3.85. The average Bonchev–Trinajstić information content (AvgIpc) is 2.95. The van der Waals surface area contributed by atoms with Crippen LogP contribution in [-0.2, 0) is 13.0 Å². The number of thiazole rings is 1.